The predicted octanol–water partition coefficient (Wildman–Crippen LogP) is 3.47. The van der Waals surface area contributed by atoms with Crippen LogP contribution in [0.15, 0.2) is 36.4 Å². The molecule has 2 aromatic rings. The van der Waals surface area contributed by atoms with Crippen LogP contribution in [0, 0.1) is 12.7 Å². The van der Waals surface area contributed by atoms with Crippen molar-refractivity contribution in [3.8, 4) is 11.5 Å². The first-order valence-electron chi connectivity index (χ1n) is 6.37. The highest BCUT2D eigenvalue weighted by Crippen LogP contribution is 2.32. The van der Waals surface area contributed by atoms with Crippen LogP contribution in [0.25, 0.3) is 0 Å². The molecule has 0 radical (unpaired) electrons. The van der Waals surface area contributed by atoms with Crippen molar-refractivity contribution in [3.05, 3.63) is 58.9 Å². The van der Waals surface area contributed by atoms with Gasteiger partial charge in [0.05, 0.1) is 12.7 Å². The first-order valence-corrected chi connectivity index (χ1v) is 6.37. The molecule has 4 heteroatoms. The Kier molecular flexibility index (Phi) is 4.37. The van der Waals surface area contributed by atoms with Gasteiger partial charge in [0.15, 0.2) is 0 Å². The van der Waals surface area contributed by atoms with Crippen molar-refractivity contribution in [2.45, 2.75) is 26.6 Å². The average molecular weight is 276 g/mol. The highest BCUT2D eigenvalue weighted by atomic mass is 19.1. The lowest BCUT2D eigenvalue weighted by atomic mass is 10.1. The lowest BCUT2D eigenvalue weighted by Crippen LogP contribution is -1.99. The Morgan fingerprint density at radius 2 is 2.00 bits per heavy atom. The van der Waals surface area contributed by atoms with E-state index in [1.54, 1.807) is 44.2 Å². The van der Waals surface area contributed by atoms with Gasteiger partial charge in [0.25, 0.3) is 0 Å². The highest BCUT2D eigenvalue weighted by Gasteiger charge is 2.14. The van der Waals surface area contributed by atoms with Gasteiger partial charge in [-0.15, -0.1) is 0 Å². The zero-order valence-electron chi connectivity index (χ0n) is 11.4. The Hall–Kier alpha value is -1.91. The molecule has 0 saturated heterocycles. The second-order valence-corrected chi connectivity index (χ2v) is 4.72. The lowest BCUT2D eigenvalue weighted by Gasteiger charge is -2.15. The van der Waals surface area contributed by atoms with Crippen LogP contribution in [0.5, 0.6) is 11.5 Å². The summed E-state index contributed by atoms with van der Waals surface area (Å²) in [5.41, 5.74) is 1.56. The van der Waals surface area contributed by atoms with Gasteiger partial charge in [-0.2, -0.15) is 0 Å². The molecule has 20 heavy (non-hydrogen) atoms. The van der Waals surface area contributed by atoms with E-state index in [1.165, 1.54) is 6.07 Å². The van der Waals surface area contributed by atoms with Crippen LogP contribution >= 0.6 is 0 Å². The molecule has 2 rings (SSSR count). The zero-order valence-corrected chi connectivity index (χ0v) is 11.4. The molecule has 0 aliphatic carbocycles. The van der Waals surface area contributed by atoms with Crippen molar-refractivity contribution in [2.75, 3.05) is 0 Å². The van der Waals surface area contributed by atoms with E-state index in [9.17, 15) is 9.50 Å². The van der Waals surface area contributed by atoms with Gasteiger partial charge in [-0.3, -0.25) is 0 Å². The van der Waals surface area contributed by atoms with E-state index in [2.05, 4.69) is 0 Å². The van der Waals surface area contributed by atoms with Gasteiger partial charge in [-0.1, -0.05) is 12.1 Å². The van der Waals surface area contributed by atoms with E-state index in [-0.39, 0.29) is 12.4 Å². The van der Waals surface area contributed by atoms with Gasteiger partial charge in [-0.25, -0.2) is 4.39 Å². The fourth-order valence-electron chi connectivity index (χ4n) is 1.92. The maximum atomic E-state index is 13.6. The van der Waals surface area contributed by atoms with Crippen molar-refractivity contribution < 1.29 is 19.3 Å². The number of aliphatic hydroxyl groups is 2. The summed E-state index contributed by atoms with van der Waals surface area (Å²) in [6, 6.07) is 9.82. The van der Waals surface area contributed by atoms with E-state index in [0.29, 0.717) is 22.6 Å². The van der Waals surface area contributed by atoms with Crippen molar-refractivity contribution in [2.24, 2.45) is 0 Å². The number of benzene rings is 2. The Balaban J connectivity index is 2.39. The summed E-state index contributed by atoms with van der Waals surface area (Å²) in [5.74, 6) is 0.566. The van der Waals surface area contributed by atoms with Gasteiger partial charge in [-0.05, 0) is 49.2 Å². The third-order valence-electron chi connectivity index (χ3n) is 3.05. The van der Waals surface area contributed by atoms with Gasteiger partial charge < -0.3 is 14.9 Å². The van der Waals surface area contributed by atoms with Crippen molar-refractivity contribution in [1.29, 1.82) is 0 Å². The monoisotopic (exact) mass is 276 g/mol. The maximum absolute atomic E-state index is 13.6. The van der Waals surface area contributed by atoms with Crippen LogP contribution in [0.2, 0.25) is 0 Å². The number of rotatable bonds is 4. The second kappa shape index (κ2) is 6.03. The summed E-state index contributed by atoms with van der Waals surface area (Å²) >= 11 is 0. The smallest absolute Gasteiger partial charge is 0.133 e. The molecule has 0 bridgehead atoms. The van der Waals surface area contributed by atoms with E-state index in [4.69, 9.17) is 9.84 Å². The Morgan fingerprint density at radius 3 is 2.65 bits per heavy atom. The number of hydrogen-bond acceptors (Lipinski definition) is 3. The molecule has 0 aliphatic heterocycles. The van der Waals surface area contributed by atoms with Gasteiger partial charge in [0.2, 0.25) is 0 Å². The largest absolute Gasteiger partial charge is 0.457 e. The summed E-state index contributed by atoms with van der Waals surface area (Å²) in [4.78, 5) is 0. The molecule has 2 N–H and O–H groups in total. The minimum Gasteiger partial charge on any atom is -0.457 e. The topological polar surface area (TPSA) is 49.7 Å². The molecule has 0 aromatic heterocycles. The summed E-state index contributed by atoms with van der Waals surface area (Å²) < 4.78 is 19.3. The standard InChI is InChI=1S/C16H17FO3/c1-10-6-16(14(11(2)19)8-15(10)17)20-13-5-3-4-12(7-13)9-18/h3-8,11,18-19H,9H2,1-2H3. The summed E-state index contributed by atoms with van der Waals surface area (Å²) in [7, 11) is 0. The molecule has 2 aromatic carbocycles. The maximum Gasteiger partial charge on any atom is 0.133 e. The molecule has 106 valence electrons. The molecule has 0 saturated carbocycles. The Bertz CT molecular complexity index is 609. The lowest BCUT2D eigenvalue weighted by molar-refractivity contribution is 0.195. The van der Waals surface area contributed by atoms with Crippen molar-refractivity contribution in [3.63, 3.8) is 0 Å². The van der Waals surface area contributed by atoms with Gasteiger partial charge in [0.1, 0.15) is 17.3 Å². The van der Waals surface area contributed by atoms with Crippen LogP contribution in [-0.4, -0.2) is 10.2 Å². The first kappa shape index (κ1) is 14.5. The SMILES string of the molecule is Cc1cc(Oc2cccc(CO)c2)c(C(C)O)cc1F. The molecular weight excluding hydrogens is 259 g/mol. The summed E-state index contributed by atoms with van der Waals surface area (Å²) in [5, 5.41) is 18.8. The Morgan fingerprint density at radius 1 is 1.25 bits per heavy atom. The quantitative estimate of drug-likeness (QED) is 0.899. The average Bonchev–Trinajstić information content (AvgIpc) is 2.42. The normalized spacial score (nSPS) is 12.2. The number of aliphatic hydroxyl groups excluding tert-OH is 2. The molecule has 0 fully saturated rings. The number of hydrogen-bond donors (Lipinski definition) is 2. The third-order valence-corrected chi connectivity index (χ3v) is 3.05. The summed E-state index contributed by atoms with van der Waals surface area (Å²) in [6.07, 6.45) is -0.832. The van der Waals surface area contributed by atoms with E-state index in [1.807, 2.05) is 0 Å². The number of aryl methyl sites for hydroxylation is 1. The van der Waals surface area contributed by atoms with Crippen LogP contribution in [-0.2, 0) is 6.61 Å². The first-order chi connectivity index (χ1) is 9.51. The van der Waals surface area contributed by atoms with E-state index < -0.39 is 6.10 Å². The van der Waals surface area contributed by atoms with E-state index in [0.717, 1.165) is 5.56 Å². The minimum atomic E-state index is -0.832. The van der Waals surface area contributed by atoms with Crippen LogP contribution < -0.4 is 4.74 Å². The van der Waals surface area contributed by atoms with Crippen LogP contribution in [0.4, 0.5) is 4.39 Å². The number of ether oxygens (including phenoxy) is 1. The molecule has 3 nitrogen and oxygen atoms in total. The number of halogens is 1. The molecule has 0 spiro atoms. The molecule has 0 aliphatic rings. The van der Waals surface area contributed by atoms with Crippen molar-refractivity contribution in [1.82, 2.24) is 0 Å². The van der Waals surface area contributed by atoms with E-state index >= 15 is 0 Å². The van der Waals surface area contributed by atoms with Crippen LogP contribution in [0.1, 0.15) is 29.7 Å². The highest BCUT2D eigenvalue weighted by molar-refractivity contribution is 5.42. The summed E-state index contributed by atoms with van der Waals surface area (Å²) in [6.45, 7) is 3.11. The third kappa shape index (κ3) is 3.15. The zero-order chi connectivity index (χ0) is 14.7. The second-order valence-electron chi connectivity index (χ2n) is 4.72. The molecule has 0 heterocycles. The van der Waals surface area contributed by atoms with Crippen molar-refractivity contribution >= 4 is 0 Å². The minimum absolute atomic E-state index is 0.0805. The molecular formula is C16H17FO3. The molecule has 1 atom stereocenters. The van der Waals surface area contributed by atoms with Gasteiger partial charge in [0, 0.05) is 5.56 Å². The Labute approximate surface area is 117 Å². The molecule has 0 amide bonds. The fourth-order valence-corrected chi connectivity index (χ4v) is 1.92. The predicted molar refractivity (Wildman–Crippen MR) is 74.2 cm³/mol. The fraction of sp³-hybridized carbons (Fsp3) is 0.250. The molecule has 1 unspecified atom stereocenters. The van der Waals surface area contributed by atoms with Gasteiger partial charge >= 0.3 is 0 Å². The van der Waals surface area contributed by atoms with Crippen LogP contribution in [0.3, 0.4) is 0 Å².